The van der Waals surface area contributed by atoms with E-state index in [1.165, 1.54) is 32.2 Å². The molecule has 1 aromatic carbocycles. The second-order valence-electron chi connectivity index (χ2n) is 5.82. The summed E-state index contributed by atoms with van der Waals surface area (Å²) >= 11 is 0. The number of hydrazine groups is 1. The standard InChI is InChI=1S/C18H16N6O4/c1-10(25)19-14-9-5-8-13(20-14)16(26)21-22-17(27)15-11-6-3-4-7-12(11)18(28)24(2)23-15/h3-9H,1-2H3,(H,21,26)(H,22,27)(H,19,20,25). The molecule has 0 aliphatic rings. The van der Waals surface area contributed by atoms with E-state index < -0.39 is 11.8 Å². The van der Waals surface area contributed by atoms with E-state index in [1.54, 1.807) is 24.3 Å². The number of nitrogens with zero attached hydrogens (tertiary/aromatic N) is 3. The molecule has 3 amide bonds. The third-order valence-corrected chi connectivity index (χ3v) is 3.75. The van der Waals surface area contributed by atoms with Crippen LogP contribution in [0.2, 0.25) is 0 Å². The lowest BCUT2D eigenvalue weighted by molar-refractivity contribution is -0.114. The molecular formula is C18H16N6O4. The van der Waals surface area contributed by atoms with Crippen molar-refractivity contribution in [3.05, 3.63) is 64.2 Å². The van der Waals surface area contributed by atoms with Gasteiger partial charge in [0.25, 0.3) is 17.4 Å². The van der Waals surface area contributed by atoms with Crippen molar-refractivity contribution in [2.75, 3.05) is 5.32 Å². The molecule has 0 fully saturated rings. The first-order valence-electron chi connectivity index (χ1n) is 8.18. The maximum Gasteiger partial charge on any atom is 0.290 e. The number of anilines is 1. The summed E-state index contributed by atoms with van der Waals surface area (Å²) in [7, 11) is 1.43. The average Bonchev–Trinajstić information content (AvgIpc) is 2.68. The number of rotatable bonds is 3. The van der Waals surface area contributed by atoms with Crippen LogP contribution >= 0.6 is 0 Å². The Kier molecular flexibility index (Phi) is 5.12. The predicted octanol–water partition coefficient (Wildman–Crippen LogP) is 0.362. The van der Waals surface area contributed by atoms with Crippen molar-refractivity contribution in [3.8, 4) is 0 Å². The Labute approximate surface area is 158 Å². The predicted molar refractivity (Wildman–Crippen MR) is 100 cm³/mol. The van der Waals surface area contributed by atoms with Crippen molar-refractivity contribution in [1.29, 1.82) is 0 Å². The van der Waals surface area contributed by atoms with Gasteiger partial charge in [0.05, 0.1) is 5.39 Å². The minimum atomic E-state index is -0.696. The molecule has 0 spiro atoms. The number of pyridine rings is 1. The van der Waals surface area contributed by atoms with E-state index in [-0.39, 0.29) is 28.7 Å². The first kappa shape index (κ1) is 18.7. The van der Waals surface area contributed by atoms with Crippen LogP contribution in [-0.4, -0.2) is 32.5 Å². The van der Waals surface area contributed by atoms with Crippen molar-refractivity contribution in [1.82, 2.24) is 25.6 Å². The highest BCUT2D eigenvalue weighted by atomic mass is 16.2. The molecule has 142 valence electrons. The van der Waals surface area contributed by atoms with Gasteiger partial charge in [-0.2, -0.15) is 5.10 Å². The van der Waals surface area contributed by atoms with E-state index in [0.717, 1.165) is 4.68 Å². The molecule has 28 heavy (non-hydrogen) atoms. The van der Waals surface area contributed by atoms with Crippen LogP contribution in [0.15, 0.2) is 47.3 Å². The Morgan fingerprint density at radius 3 is 2.32 bits per heavy atom. The van der Waals surface area contributed by atoms with Gasteiger partial charge in [-0.15, -0.1) is 0 Å². The molecule has 3 aromatic rings. The van der Waals surface area contributed by atoms with E-state index >= 15 is 0 Å². The Balaban J connectivity index is 1.79. The molecule has 0 bridgehead atoms. The van der Waals surface area contributed by atoms with E-state index in [0.29, 0.717) is 10.8 Å². The topological polar surface area (TPSA) is 135 Å². The molecule has 0 saturated heterocycles. The zero-order valence-electron chi connectivity index (χ0n) is 15.0. The summed E-state index contributed by atoms with van der Waals surface area (Å²) in [4.78, 5) is 51.9. The minimum Gasteiger partial charge on any atom is -0.311 e. The van der Waals surface area contributed by atoms with Gasteiger partial charge >= 0.3 is 0 Å². The van der Waals surface area contributed by atoms with Gasteiger partial charge in [-0.05, 0) is 18.2 Å². The minimum absolute atomic E-state index is 0.00942. The molecule has 10 heteroatoms. The first-order chi connectivity index (χ1) is 13.4. The number of amides is 3. The summed E-state index contributed by atoms with van der Waals surface area (Å²) < 4.78 is 1.05. The second kappa shape index (κ2) is 7.66. The molecule has 0 saturated carbocycles. The third-order valence-electron chi connectivity index (χ3n) is 3.75. The van der Waals surface area contributed by atoms with Crippen LogP contribution in [0.4, 0.5) is 5.82 Å². The molecule has 0 aliphatic carbocycles. The number of nitrogens with one attached hydrogen (secondary N) is 3. The van der Waals surface area contributed by atoms with Gasteiger partial charge in [0.15, 0.2) is 5.69 Å². The molecule has 0 atom stereocenters. The van der Waals surface area contributed by atoms with Crippen LogP contribution in [0, 0.1) is 0 Å². The van der Waals surface area contributed by atoms with Gasteiger partial charge in [-0.1, -0.05) is 24.3 Å². The van der Waals surface area contributed by atoms with Crippen LogP contribution in [0.1, 0.15) is 27.9 Å². The largest absolute Gasteiger partial charge is 0.311 e. The number of hydrogen-bond acceptors (Lipinski definition) is 6. The molecular weight excluding hydrogens is 364 g/mol. The lowest BCUT2D eigenvalue weighted by atomic mass is 10.1. The fourth-order valence-corrected chi connectivity index (χ4v) is 2.52. The molecule has 2 heterocycles. The number of aromatic nitrogens is 3. The van der Waals surface area contributed by atoms with E-state index in [9.17, 15) is 19.2 Å². The van der Waals surface area contributed by atoms with Crippen molar-refractivity contribution >= 4 is 34.3 Å². The zero-order chi connectivity index (χ0) is 20.3. The number of carbonyl (C=O) groups excluding carboxylic acids is 3. The summed E-state index contributed by atoms with van der Waals surface area (Å²) in [5.41, 5.74) is 4.13. The number of hydrogen-bond donors (Lipinski definition) is 3. The highest BCUT2D eigenvalue weighted by molar-refractivity contribution is 6.05. The van der Waals surface area contributed by atoms with Crippen molar-refractivity contribution in [2.24, 2.45) is 7.05 Å². The van der Waals surface area contributed by atoms with E-state index in [1.807, 2.05) is 0 Å². The van der Waals surface area contributed by atoms with Crippen LogP contribution in [0.25, 0.3) is 10.8 Å². The molecule has 0 unspecified atom stereocenters. The smallest absolute Gasteiger partial charge is 0.290 e. The molecule has 10 nitrogen and oxygen atoms in total. The van der Waals surface area contributed by atoms with Gasteiger partial charge in [-0.25, -0.2) is 9.67 Å². The van der Waals surface area contributed by atoms with E-state index in [2.05, 4.69) is 26.3 Å². The van der Waals surface area contributed by atoms with Gasteiger partial charge in [0.2, 0.25) is 5.91 Å². The third kappa shape index (κ3) is 3.85. The van der Waals surface area contributed by atoms with E-state index in [4.69, 9.17) is 0 Å². The fourth-order valence-electron chi connectivity index (χ4n) is 2.52. The quantitative estimate of drug-likeness (QED) is 0.562. The highest BCUT2D eigenvalue weighted by Crippen LogP contribution is 2.12. The Bertz CT molecular complexity index is 1150. The Morgan fingerprint density at radius 2 is 1.61 bits per heavy atom. The molecule has 0 radical (unpaired) electrons. The highest BCUT2D eigenvalue weighted by Gasteiger charge is 2.17. The van der Waals surface area contributed by atoms with Crippen LogP contribution < -0.4 is 21.7 Å². The summed E-state index contributed by atoms with van der Waals surface area (Å²) in [6, 6.07) is 11.0. The average molecular weight is 380 g/mol. The Morgan fingerprint density at radius 1 is 0.929 bits per heavy atom. The summed E-state index contributed by atoms with van der Waals surface area (Å²) in [5.74, 6) is -1.50. The lowest BCUT2D eigenvalue weighted by Gasteiger charge is -2.10. The molecule has 0 aliphatic heterocycles. The molecule has 2 aromatic heterocycles. The zero-order valence-corrected chi connectivity index (χ0v) is 15.0. The fraction of sp³-hybridized carbons (Fsp3) is 0.111. The number of aryl methyl sites for hydroxylation is 1. The van der Waals surface area contributed by atoms with Crippen LogP contribution in [0.3, 0.4) is 0 Å². The van der Waals surface area contributed by atoms with Crippen LogP contribution in [-0.2, 0) is 11.8 Å². The second-order valence-corrected chi connectivity index (χ2v) is 5.82. The van der Waals surface area contributed by atoms with Crippen LogP contribution in [0.5, 0.6) is 0 Å². The molecule has 3 N–H and O–H groups in total. The molecule has 3 rings (SSSR count). The van der Waals surface area contributed by atoms with Gasteiger partial charge in [0.1, 0.15) is 11.5 Å². The number of carbonyl (C=O) groups is 3. The maximum atomic E-state index is 12.5. The van der Waals surface area contributed by atoms with Crippen molar-refractivity contribution in [3.63, 3.8) is 0 Å². The SMILES string of the molecule is CC(=O)Nc1cccc(C(=O)NNC(=O)c2nn(C)c(=O)c3ccccc23)n1. The number of benzene rings is 1. The van der Waals surface area contributed by atoms with Gasteiger partial charge in [0, 0.05) is 19.4 Å². The summed E-state index contributed by atoms with van der Waals surface area (Å²) in [6.07, 6.45) is 0. The number of fused-ring (bicyclic) bond motifs is 1. The lowest BCUT2D eigenvalue weighted by Crippen LogP contribution is -2.43. The first-order valence-corrected chi connectivity index (χ1v) is 8.18. The summed E-state index contributed by atoms with van der Waals surface area (Å²) in [6.45, 7) is 1.32. The maximum absolute atomic E-state index is 12.5. The van der Waals surface area contributed by atoms with Gasteiger partial charge < -0.3 is 5.32 Å². The van der Waals surface area contributed by atoms with Crippen molar-refractivity contribution < 1.29 is 14.4 Å². The monoisotopic (exact) mass is 380 g/mol. The van der Waals surface area contributed by atoms with Gasteiger partial charge in [-0.3, -0.25) is 30.0 Å². The van der Waals surface area contributed by atoms with Crippen molar-refractivity contribution in [2.45, 2.75) is 6.92 Å². The Hall–Kier alpha value is -4.08. The normalized spacial score (nSPS) is 10.4. The summed E-state index contributed by atoms with van der Waals surface area (Å²) in [5, 5.41) is 7.14.